The molecule has 0 saturated carbocycles. The van der Waals surface area contributed by atoms with E-state index in [1.54, 1.807) is 24.3 Å². The minimum absolute atomic E-state index is 0.0965. The first-order chi connectivity index (χ1) is 12.1. The van der Waals surface area contributed by atoms with Gasteiger partial charge in [0.25, 0.3) is 11.6 Å². The highest BCUT2D eigenvalue weighted by molar-refractivity contribution is 5.92. The molecule has 8 heteroatoms. The molecular formula is C17H16N2O6. The topological polar surface area (TPSA) is 99.9 Å². The summed E-state index contributed by atoms with van der Waals surface area (Å²) in [6, 6.07) is 10.8. The molecule has 1 aliphatic heterocycles. The van der Waals surface area contributed by atoms with Crippen LogP contribution in [0.2, 0.25) is 0 Å². The van der Waals surface area contributed by atoms with Crippen LogP contribution in [0.3, 0.4) is 0 Å². The largest absolute Gasteiger partial charge is 0.490 e. The highest BCUT2D eigenvalue weighted by Gasteiger charge is 2.12. The van der Waals surface area contributed by atoms with Crippen molar-refractivity contribution in [1.82, 2.24) is 0 Å². The molecule has 1 aliphatic rings. The zero-order valence-corrected chi connectivity index (χ0v) is 13.3. The van der Waals surface area contributed by atoms with E-state index in [1.807, 2.05) is 0 Å². The van der Waals surface area contributed by atoms with Crippen molar-refractivity contribution in [2.45, 2.75) is 6.42 Å². The van der Waals surface area contributed by atoms with Crippen molar-refractivity contribution in [1.29, 1.82) is 0 Å². The van der Waals surface area contributed by atoms with Crippen LogP contribution in [0.25, 0.3) is 0 Å². The number of carbonyl (C=O) groups is 1. The monoisotopic (exact) mass is 344 g/mol. The molecule has 0 saturated heterocycles. The number of hydrogen-bond donors (Lipinski definition) is 1. The maximum Gasteiger partial charge on any atom is 0.273 e. The van der Waals surface area contributed by atoms with Crippen molar-refractivity contribution in [3.05, 3.63) is 52.6 Å². The second-order valence-corrected chi connectivity index (χ2v) is 5.30. The third-order valence-electron chi connectivity index (χ3n) is 3.43. The molecule has 130 valence electrons. The number of nitro benzene ring substituents is 1. The van der Waals surface area contributed by atoms with Gasteiger partial charge in [0.2, 0.25) is 0 Å². The molecule has 8 nitrogen and oxygen atoms in total. The minimum Gasteiger partial charge on any atom is -0.490 e. The van der Waals surface area contributed by atoms with E-state index in [-0.39, 0.29) is 24.0 Å². The van der Waals surface area contributed by atoms with Crippen LogP contribution < -0.4 is 19.5 Å². The molecular weight excluding hydrogens is 328 g/mol. The first kappa shape index (κ1) is 16.6. The Kier molecular flexibility index (Phi) is 4.98. The number of amides is 1. The van der Waals surface area contributed by atoms with Crippen molar-refractivity contribution < 1.29 is 23.9 Å². The Bertz CT molecular complexity index is 792. The Morgan fingerprint density at radius 3 is 2.76 bits per heavy atom. The number of ether oxygens (including phenoxy) is 3. The van der Waals surface area contributed by atoms with Gasteiger partial charge in [-0.2, -0.15) is 0 Å². The summed E-state index contributed by atoms with van der Waals surface area (Å²) in [6.45, 7) is 0.881. The van der Waals surface area contributed by atoms with Crippen LogP contribution >= 0.6 is 0 Å². The van der Waals surface area contributed by atoms with Crippen molar-refractivity contribution >= 4 is 17.3 Å². The van der Waals surface area contributed by atoms with Crippen LogP contribution in [0, 0.1) is 10.1 Å². The van der Waals surface area contributed by atoms with E-state index in [9.17, 15) is 14.9 Å². The Hall–Kier alpha value is -3.29. The normalized spacial score (nSPS) is 12.8. The lowest BCUT2D eigenvalue weighted by molar-refractivity contribution is -0.384. The van der Waals surface area contributed by atoms with Crippen LogP contribution in [-0.4, -0.2) is 30.7 Å². The summed E-state index contributed by atoms with van der Waals surface area (Å²) in [4.78, 5) is 22.2. The van der Waals surface area contributed by atoms with Gasteiger partial charge in [0, 0.05) is 24.2 Å². The van der Waals surface area contributed by atoms with E-state index >= 15 is 0 Å². The van der Waals surface area contributed by atoms with Crippen LogP contribution in [0.1, 0.15) is 6.42 Å². The molecule has 0 aliphatic carbocycles. The molecule has 1 N–H and O–H groups in total. The van der Waals surface area contributed by atoms with Gasteiger partial charge >= 0.3 is 0 Å². The molecule has 1 amide bonds. The average Bonchev–Trinajstić information content (AvgIpc) is 2.85. The molecule has 3 rings (SSSR count). The number of nitrogens with zero attached hydrogens (tertiary/aromatic N) is 1. The van der Waals surface area contributed by atoms with Gasteiger partial charge in [-0.1, -0.05) is 6.07 Å². The lowest BCUT2D eigenvalue weighted by atomic mass is 10.2. The number of nitrogens with one attached hydrogen (secondary N) is 1. The van der Waals surface area contributed by atoms with Crippen molar-refractivity contribution in [3.8, 4) is 17.2 Å². The first-order valence-corrected chi connectivity index (χ1v) is 7.68. The molecule has 0 aromatic heterocycles. The van der Waals surface area contributed by atoms with Crippen LogP contribution in [0.15, 0.2) is 42.5 Å². The summed E-state index contributed by atoms with van der Waals surface area (Å²) < 4.78 is 16.4. The second-order valence-electron chi connectivity index (χ2n) is 5.30. The first-order valence-electron chi connectivity index (χ1n) is 7.68. The summed E-state index contributed by atoms with van der Waals surface area (Å²) in [5, 5.41) is 13.4. The molecule has 0 atom stereocenters. The number of rotatable bonds is 5. The van der Waals surface area contributed by atoms with Gasteiger partial charge in [-0.05, 0) is 18.2 Å². The summed E-state index contributed by atoms with van der Waals surface area (Å²) in [5.74, 6) is 1.09. The SMILES string of the molecule is O=C(COc1cccc([N+](=O)[O-])c1)Nc1ccc2c(c1)OCCCO2. The van der Waals surface area contributed by atoms with Gasteiger partial charge in [0.15, 0.2) is 18.1 Å². The standard InChI is InChI=1S/C17H16N2O6/c20-17(11-25-14-4-1-3-13(10-14)19(21)22)18-12-5-6-15-16(9-12)24-8-2-7-23-15/h1,3-6,9-10H,2,7-8,11H2,(H,18,20). The van der Waals surface area contributed by atoms with Gasteiger partial charge in [-0.3, -0.25) is 14.9 Å². The van der Waals surface area contributed by atoms with Crippen LogP contribution in [0.4, 0.5) is 11.4 Å². The Morgan fingerprint density at radius 2 is 1.96 bits per heavy atom. The number of anilines is 1. The Balaban J connectivity index is 1.58. The number of benzene rings is 2. The van der Waals surface area contributed by atoms with Crippen molar-refractivity contribution in [2.24, 2.45) is 0 Å². The fraction of sp³-hybridized carbons (Fsp3) is 0.235. The quantitative estimate of drug-likeness (QED) is 0.661. The minimum atomic E-state index is -0.523. The summed E-state index contributed by atoms with van der Waals surface area (Å²) >= 11 is 0. The van der Waals surface area contributed by atoms with E-state index in [2.05, 4.69) is 5.32 Å². The van der Waals surface area contributed by atoms with Crippen LogP contribution in [-0.2, 0) is 4.79 Å². The molecule has 0 spiro atoms. The number of nitro groups is 1. The lowest BCUT2D eigenvalue weighted by Crippen LogP contribution is -2.20. The van der Waals surface area contributed by atoms with E-state index in [1.165, 1.54) is 18.2 Å². The number of carbonyl (C=O) groups excluding carboxylic acids is 1. The summed E-state index contributed by atoms with van der Waals surface area (Å²) in [7, 11) is 0. The number of non-ortho nitro benzene ring substituents is 1. The molecule has 2 aromatic rings. The molecule has 0 unspecified atom stereocenters. The van der Waals surface area contributed by atoms with Crippen molar-refractivity contribution in [3.63, 3.8) is 0 Å². The van der Waals surface area contributed by atoms with Crippen molar-refractivity contribution in [2.75, 3.05) is 25.1 Å². The molecule has 25 heavy (non-hydrogen) atoms. The van der Waals surface area contributed by atoms with Gasteiger partial charge < -0.3 is 19.5 Å². The highest BCUT2D eigenvalue weighted by Crippen LogP contribution is 2.32. The molecule has 2 aromatic carbocycles. The van der Waals surface area contributed by atoms with E-state index in [4.69, 9.17) is 14.2 Å². The summed E-state index contributed by atoms with van der Waals surface area (Å²) in [6.07, 6.45) is 0.799. The lowest BCUT2D eigenvalue weighted by Gasteiger charge is -2.11. The second kappa shape index (κ2) is 7.52. The highest BCUT2D eigenvalue weighted by atomic mass is 16.6. The van der Waals surface area contributed by atoms with Crippen LogP contribution in [0.5, 0.6) is 17.2 Å². The van der Waals surface area contributed by atoms with Gasteiger partial charge in [0.1, 0.15) is 5.75 Å². The van der Waals surface area contributed by atoms with Gasteiger partial charge in [-0.15, -0.1) is 0 Å². The Labute approximate surface area is 143 Å². The maximum absolute atomic E-state index is 12.0. The molecule has 0 radical (unpaired) electrons. The Morgan fingerprint density at radius 1 is 1.16 bits per heavy atom. The number of hydrogen-bond acceptors (Lipinski definition) is 6. The fourth-order valence-corrected chi connectivity index (χ4v) is 2.27. The van der Waals surface area contributed by atoms with E-state index < -0.39 is 4.92 Å². The predicted octanol–water partition coefficient (Wildman–Crippen LogP) is 2.77. The maximum atomic E-state index is 12.0. The smallest absolute Gasteiger partial charge is 0.273 e. The zero-order chi connectivity index (χ0) is 17.6. The average molecular weight is 344 g/mol. The number of fused-ring (bicyclic) bond motifs is 1. The molecule has 0 bridgehead atoms. The van der Waals surface area contributed by atoms with Gasteiger partial charge in [-0.25, -0.2) is 0 Å². The predicted molar refractivity (Wildman–Crippen MR) is 89.3 cm³/mol. The summed E-state index contributed by atoms with van der Waals surface area (Å²) in [5.41, 5.74) is 0.456. The third-order valence-corrected chi connectivity index (χ3v) is 3.43. The molecule has 0 fully saturated rings. The zero-order valence-electron chi connectivity index (χ0n) is 13.3. The van der Waals surface area contributed by atoms with E-state index in [0.717, 1.165) is 6.42 Å². The molecule has 1 heterocycles. The van der Waals surface area contributed by atoms with Gasteiger partial charge in [0.05, 0.1) is 24.2 Å². The van der Waals surface area contributed by atoms with E-state index in [0.29, 0.717) is 30.4 Å². The fourth-order valence-electron chi connectivity index (χ4n) is 2.27. The third kappa shape index (κ3) is 4.37.